The van der Waals surface area contributed by atoms with Gasteiger partial charge >= 0.3 is 0 Å². The van der Waals surface area contributed by atoms with E-state index in [1.54, 1.807) is 6.20 Å². The number of aliphatic hydroxyl groups excluding tert-OH is 1. The van der Waals surface area contributed by atoms with E-state index in [4.69, 9.17) is 10.8 Å². The van der Waals surface area contributed by atoms with E-state index in [-0.39, 0.29) is 18.6 Å². The minimum absolute atomic E-state index is 0.0205. The molecule has 1 aromatic heterocycles. The topological polar surface area (TPSA) is 79.5 Å². The molecule has 1 aromatic rings. The highest BCUT2D eigenvalue weighted by molar-refractivity contribution is 5.83. The lowest BCUT2D eigenvalue weighted by atomic mass is 10.0. The summed E-state index contributed by atoms with van der Waals surface area (Å²) >= 11 is 0. The SMILES string of the molecule is Cc1cc(CO)cnc1N1CCCCC1C(N)=O. The summed E-state index contributed by atoms with van der Waals surface area (Å²) in [6, 6.07) is 1.64. The molecule has 2 rings (SSSR count). The Hall–Kier alpha value is -1.62. The Morgan fingerprint density at radius 1 is 1.61 bits per heavy atom. The molecule has 98 valence electrons. The molecule has 1 atom stereocenters. The number of piperidine rings is 1. The molecule has 1 aliphatic rings. The van der Waals surface area contributed by atoms with Crippen LogP contribution < -0.4 is 10.6 Å². The van der Waals surface area contributed by atoms with Gasteiger partial charge in [0.1, 0.15) is 11.9 Å². The Balaban J connectivity index is 2.31. The number of aryl methyl sites for hydroxylation is 1. The third-order valence-corrected chi connectivity index (χ3v) is 3.39. The molecule has 3 N–H and O–H groups in total. The van der Waals surface area contributed by atoms with E-state index in [1.165, 1.54) is 0 Å². The van der Waals surface area contributed by atoms with Crippen LogP contribution in [0.3, 0.4) is 0 Å². The molecule has 1 fully saturated rings. The highest BCUT2D eigenvalue weighted by Gasteiger charge is 2.28. The van der Waals surface area contributed by atoms with Crippen molar-refractivity contribution in [3.05, 3.63) is 23.4 Å². The molecule has 1 aliphatic heterocycles. The minimum atomic E-state index is -0.290. The lowest BCUT2D eigenvalue weighted by molar-refractivity contribution is -0.119. The van der Waals surface area contributed by atoms with Crippen molar-refractivity contribution in [3.63, 3.8) is 0 Å². The van der Waals surface area contributed by atoms with Gasteiger partial charge in [0.05, 0.1) is 6.61 Å². The van der Waals surface area contributed by atoms with E-state index in [0.717, 1.165) is 42.8 Å². The number of nitrogens with two attached hydrogens (primary N) is 1. The van der Waals surface area contributed by atoms with Crippen LogP contribution in [0.25, 0.3) is 0 Å². The first-order chi connectivity index (χ1) is 8.63. The zero-order chi connectivity index (χ0) is 13.1. The van der Waals surface area contributed by atoms with Crippen LogP contribution in [0.2, 0.25) is 0 Å². The molecule has 1 unspecified atom stereocenters. The van der Waals surface area contributed by atoms with Gasteiger partial charge in [-0.15, -0.1) is 0 Å². The summed E-state index contributed by atoms with van der Waals surface area (Å²) in [4.78, 5) is 17.8. The van der Waals surface area contributed by atoms with Gasteiger partial charge in [-0.2, -0.15) is 0 Å². The fourth-order valence-corrected chi connectivity index (χ4v) is 2.49. The molecule has 1 amide bonds. The smallest absolute Gasteiger partial charge is 0.240 e. The fraction of sp³-hybridized carbons (Fsp3) is 0.538. The summed E-state index contributed by atoms with van der Waals surface area (Å²) in [6.07, 6.45) is 4.51. The second-order valence-electron chi connectivity index (χ2n) is 4.75. The number of anilines is 1. The molecule has 18 heavy (non-hydrogen) atoms. The number of hydrogen-bond donors (Lipinski definition) is 2. The van der Waals surface area contributed by atoms with Crippen molar-refractivity contribution in [1.82, 2.24) is 4.98 Å². The number of amides is 1. The summed E-state index contributed by atoms with van der Waals surface area (Å²) in [5.74, 6) is 0.512. The molecule has 0 bridgehead atoms. The van der Waals surface area contributed by atoms with Crippen LogP contribution >= 0.6 is 0 Å². The molecule has 0 spiro atoms. The third kappa shape index (κ3) is 2.46. The van der Waals surface area contributed by atoms with Crippen molar-refractivity contribution in [1.29, 1.82) is 0 Å². The highest BCUT2D eigenvalue weighted by Crippen LogP contribution is 2.26. The largest absolute Gasteiger partial charge is 0.392 e. The maximum Gasteiger partial charge on any atom is 0.240 e. The summed E-state index contributed by atoms with van der Waals surface area (Å²) in [5.41, 5.74) is 7.20. The van der Waals surface area contributed by atoms with Crippen LogP contribution in [0.5, 0.6) is 0 Å². The highest BCUT2D eigenvalue weighted by atomic mass is 16.3. The van der Waals surface area contributed by atoms with Gasteiger partial charge in [-0.1, -0.05) is 0 Å². The van der Waals surface area contributed by atoms with Crippen molar-refractivity contribution in [2.75, 3.05) is 11.4 Å². The normalized spacial score (nSPS) is 19.9. The zero-order valence-electron chi connectivity index (χ0n) is 10.6. The number of carbonyl (C=O) groups is 1. The second-order valence-corrected chi connectivity index (χ2v) is 4.75. The number of carbonyl (C=O) groups excluding carboxylic acids is 1. The predicted octanol–water partition coefficient (Wildman–Crippen LogP) is 0.727. The molecule has 1 saturated heterocycles. The number of primary amides is 1. The van der Waals surface area contributed by atoms with Crippen LogP contribution in [0.4, 0.5) is 5.82 Å². The first kappa shape index (κ1) is 12.8. The molecule has 5 heteroatoms. The molecule has 0 aromatic carbocycles. The average molecular weight is 249 g/mol. The van der Waals surface area contributed by atoms with Gasteiger partial charge in [0.2, 0.25) is 5.91 Å². The Morgan fingerprint density at radius 2 is 2.39 bits per heavy atom. The third-order valence-electron chi connectivity index (χ3n) is 3.39. The molecule has 0 radical (unpaired) electrons. The molecular formula is C13H19N3O2. The average Bonchev–Trinajstić information content (AvgIpc) is 2.38. The van der Waals surface area contributed by atoms with E-state index >= 15 is 0 Å². The lowest BCUT2D eigenvalue weighted by Gasteiger charge is -2.35. The first-order valence-electron chi connectivity index (χ1n) is 6.26. The van der Waals surface area contributed by atoms with E-state index < -0.39 is 0 Å². The molecule has 0 saturated carbocycles. The summed E-state index contributed by atoms with van der Waals surface area (Å²) in [7, 11) is 0. The van der Waals surface area contributed by atoms with Gasteiger partial charge in [-0.05, 0) is 43.4 Å². The maximum absolute atomic E-state index is 11.5. The Morgan fingerprint density at radius 3 is 3.00 bits per heavy atom. The van der Waals surface area contributed by atoms with Gasteiger partial charge in [0, 0.05) is 12.7 Å². The van der Waals surface area contributed by atoms with E-state index in [9.17, 15) is 4.79 Å². The van der Waals surface area contributed by atoms with Crippen LogP contribution in [-0.4, -0.2) is 28.6 Å². The van der Waals surface area contributed by atoms with Crippen molar-refractivity contribution in [2.24, 2.45) is 5.73 Å². The monoisotopic (exact) mass is 249 g/mol. The number of nitrogens with zero attached hydrogens (tertiary/aromatic N) is 2. The Bertz CT molecular complexity index is 448. The Labute approximate surface area is 107 Å². The van der Waals surface area contributed by atoms with Gasteiger partial charge in [0.15, 0.2) is 0 Å². The van der Waals surface area contributed by atoms with Crippen LogP contribution in [0.1, 0.15) is 30.4 Å². The van der Waals surface area contributed by atoms with Gasteiger partial charge in [0.25, 0.3) is 0 Å². The van der Waals surface area contributed by atoms with Crippen molar-refractivity contribution in [2.45, 2.75) is 38.8 Å². The zero-order valence-corrected chi connectivity index (χ0v) is 10.6. The standard InChI is InChI=1S/C13H19N3O2/c1-9-6-10(8-17)7-15-13(9)16-5-3-2-4-11(16)12(14)18/h6-7,11,17H,2-5,8H2,1H3,(H2,14,18). The number of rotatable bonds is 3. The van der Waals surface area contributed by atoms with E-state index in [1.807, 2.05) is 17.9 Å². The fourth-order valence-electron chi connectivity index (χ4n) is 2.49. The van der Waals surface area contributed by atoms with Gasteiger partial charge in [-0.25, -0.2) is 4.98 Å². The van der Waals surface area contributed by atoms with E-state index in [2.05, 4.69) is 4.98 Å². The van der Waals surface area contributed by atoms with Crippen LogP contribution in [0.15, 0.2) is 12.3 Å². The Kier molecular flexibility index (Phi) is 3.81. The summed E-state index contributed by atoms with van der Waals surface area (Å²) < 4.78 is 0. The van der Waals surface area contributed by atoms with Gasteiger partial charge < -0.3 is 15.7 Å². The first-order valence-corrected chi connectivity index (χ1v) is 6.26. The number of aromatic nitrogens is 1. The van der Waals surface area contributed by atoms with Crippen molar-refractivity contribution >= 4 is 11.7 Å². The quantitative estimate of drug-likeness (QED) is 0.827. The van der Waals surface area contributed by atoms with Crippen molar-refractivity contribution < 1.29 is 9.90 Å². The predicted molar refractivity (Wildman–Crippen MR) is 69.1 cm³/mol. The summed E-state index contributed by atoms with van der Waals surface area (Å²) in [5, 5.41) is 9.08. The summed E-state index contributed by atoms with van der Waals surface area (Å²) in [6.45, 7) is 2.72. The van der Waals surface area contributed by atoms with Crippen molar-refractivity contribution in [3.8, 4) is 0 Å². The number of pyridine rings is 1. The molecule has 5 nitrogen and oxygen atoms in total. The maximum atomic E-state index is 11.5. The number of aliphatic hydroxyl groups is 1. The number of hydrogen-bond acceptors (Lipinski definition) is 4. The van der Waals surface area contributed by atoms with Gasteiger partial charge in [-0.3, -0.25) is 4.79 Å². The molecular weight excluding hydrogens is 230 g/mol. The van der Waals surface area contributed by atoms with E-state index in [0.29, 0.717) is 0 Å². The second kappa shape index (κ2) is 5.35. The minimum Gasteiger partial charge on any atom is -0.392 e. The molecule has 0 aliphatic carbocycles. The van der Waals surface area contributed by atoms with Crippen LogP contribution in [-0.2, 0) is 11.4 Å². The van der Waals surface area contributed by atoms with Crippen LogP contribution in [0, 0.1) is 6.92 Å². The molecule has 2 heterocycles. The lowest BCUT2D eigenvalue weighted by Crippen LogP contribution is -2.48.